The third-order valence-corrected chi connectivity index (χ3v) is 3.38. The minimum absolute atomic E-state index is 0.0665. The number of carbonyl (C=O) groups excluding carboxylic acids is 2. The van der Waals surface area contributed by atoms with E-state index in [1.54, 1.807) is 30.3 Å². The maximum absolute atomic E-state index is 11.4. The van der Waals surface area contributed by atoms with E-state index in [4.69, 9.17) is 24.9 Å². The van der Waals surface area contributed by atoms with E-state index in [0.717, 1.165) is 0 Å². The van der Waals surface area contributed by atoms with E-state index < -0.39 is 11.9 Å². The highest BCUT2D eigenvalue weighted by molar-refractivity contribution is 6.00. The van der Waals surface area contributed by atoms with Crippen molar-refractivity contribution in [2.45, 2.75) is 13.5 Å². The average molecular weight is 370 g/mol. The highest BCUT2D eigenvalue weighted by Gasteiger charge is 2.13. The Hall–Kier alpha value is -3.73. The van der Waals surface area contributed by atoms with E-state index in [1.165, 1.54) is 19.3 Å². The lowest BCUT2D eigenvalue weighted by Gasteiger charge is -2.12. The van der Waals surface area contributed by atoms with Crippen molar-refractivity contribution in [2.24, 2.45) is 5.73 Å². The first kappa shape index (κ1) is 19.6. The number of ether oxygens (including phenoxy) is 3. The molecule has 0 fully saturated rings. The third-order valence-electron chi connectivity index (χ3n) is 3.38. The zero-order chi connectivity index (χ0) is 19.8. The second-order valence-electron chi connectivity index (χ2n) is 5.22. The number of carbonyl (C=O) groups is 2. The van der Waals surface area contributed by atoms with Crippen LogP contribution < -0.4 is 15.2 Å². The largest absolute Gasteiger partial charge is 0.490 e. The van der Waals surface area contributed by atoms with Crippen molar-refractivity contribution < 1.29 is 28.2 Å². The molecule has 0 saturated heterocycles. The van der Waals surface area contributed by atoms with Gasteiger partial charge in [-0.15, -0.1) is 0 Å². The summed E-state index contributed by atoms with van der Waals surface area (Å²) >= 11 is 0. The Morgan fingerprint density at radius 3 is 2.63 bits per heavy atom. The van der Waals surface area contributed by atoms with Crippen LogP contribution in [-0.4, -0.2) is 25.6 Å². The number of furan rings is 1. The number of hydrogen-bond acceptors (Lipinski definition) is 7. The normalized spacial score (nSPS) is 10.8. The van der Waals surface area contributed by atoms with Crippen LogP contribution in [0.25, 0.3) is 6.08 Å². The minimum atomic E-state index is -0.810. The molecule has 2 N–H and O–H groups in total. The van der Waals surface area contributed by atoms with Crippen molar-refractivity contribution in [3.8, 4) is 17.6 Å². The van der Waals surface area contributed by atoms with Gasteiger partial charge >= 0.3 is 5.97 Å². The zero-order valence-corrected chi connectivity index (χ0v) is 14.9. The third kappa shape index (κ3) is 5.12. The summed E-state index contributed by atoms with van der Waals surface area (Å²) in [6.07, 6.45) is 1.36. The smallest absolute Gasteiger partial charge is 0.373 e. The van der Waals surface area contributed by atoms with Crippen molar-refractivity contribution in [2.75, 3.05) is 13.7 Å². The van der Waals surface area contributed by atoms with Crippen LogP contribution in [0.3, 0.4) is 0 Å². The Bertz CT molecular complexity index is 907. The van der Waals surface area contributed by atoms with Gasteiger partial charge in [-0.05, 0) is 42.8 Å². The van der Waals surface area contributed by atoms with Crippen molar-refractivity contribution in [1.29, 1.82) is 5.26 Å². The second-order valence-corrected chi connectivity index (χ2v) is 5.22. The highest BCUT2D eigenvalue weighted by Crippen LogP contribution is 2.30. The predicted molar refractivity (Wildman–Crippen MR) is 94.8 cm³/mol. The summed E-state index contributed by atoms with van der Waals surface area (Å²) in [5.41, 5.74) is 5.53. The lowest BCUT2D eigenvalue weighted by atomic mass is 10.1. The van der Waals surface area contributed by atoms with E-state index >= 15 is 0 Å². The Morgan fingerprint density at radius 2 is 2.00 bits per heavy atom. The van der Waals surface area contributed by atoms with Crippen molar-refractivity contribution in [3.05, 3.63) is 53.0 Å². The average Bonchev–Trinajstić information content (AvgIpc) is 3.13. The molecule has 0 unspecified atom stereocenters. The number of rotatable bonds is 8. The first-order chi connectivity index (χ1) is 13.0. The molecule has 0 spiro atoms. The van der Waals surface area contributed by atoms with Gasteiger partial charge in [0.25, 0.3) is 5.91 Å². The summed E-state index contributed by atoms with van der Waals surface area (Å²) in [5, 5.41) is 8.94. The van der Waals surface area contributed by atoms with Gasteiger partial charge in [0.2, 0.25) is 5.76 Å². The van der Waals surface area contributed by atoms with Gasteiger partial charge in [-0.1, -0.05) is 6.07 Å². The fourth-order valence-corrected chi connectivity index (χ4v) is 2.14. The first-order valence-electron chi connectivity index (χ1n) is 7.96. The zero-order valence-electron chi connectivity index (χ0n) is 14.9. The molecule has 0 aliphatic heterocycles. The van der Waals surface area contributed by atoms with Crippen LogP contribution in [0.2, 0.25) is 0 Å². The number of esters is 1. The number of hydrogen-bond donors (Lipinski definition) is 1. The molecule has 8 nitrogen and oxygen atoms in total. The van der Waals surface area contributed by atoms with Crippen molar-refractivity contribution in [1.82, 2.24) is 0 Å². The molecule has 0 bridgehead atoms. The SMILES string of the molecule is CCOc1cc(/C=C(\C#N)C(N)=O)ccc1OCc1ccc(C(=O)OC)o1. The summed E-state index contributed by atoms with van der Waals surface area (Å²) in [6, 6.07) is 9.76. The monoisotopic (exact) mass is 370 g/mol. The van der Waals surface area contributed by atoms with Gasteiger partial charge in [0.15, 0.2) is 11.5 Å². The van der Waals surface area contributed by atoms with E-state index in [0.29, 0.717) is 29.4 Å². The van der Waals surface area contributed by atoms with Crippen LogP contribution in [0.4, 0.5) is 0 Å². The standard InChI is InChI=1S/C19H18N2O6/c1-3-25-17-9-12(8-13(10-20)18(21)22)4-6-15(17)26-11-14-5-7-16(27-14)19(23)24-2/h4-9H,3,11H2,1-2H3,(H2,21,22)/b13-8+. The van der Waals surface area contributed by atoms with Gasteiger partial charge in [0.1, 0.15) is 24.0 Å². The molecule has 0 aliphatic carbocycles. The van der Waals surface area contributed by atoms with Crippen LogP contribution in [0.15, 0.2) is 40.3 Å². The van der Waals surface area contributed by atoms with E-state index in [9.17, 15) is 9.59 Å². The van der Waals surface area contributed by atoms with E-state index in [2.05, 4.69) is 4.74 Å². The fourth-order valence-electron chi connectivity index (χ4n) is 2.14. The molecule has 1 aromatic carbocycles. The Morgan fingerprint density at radius 1 is 1.22 bits per heavy atom. The van der Waals surface area contributed by atoms with Crippen LogP contribution in [0.5, 0.6) is 11.5 Å². The molecular weight excluding hydrogens is 352 g/mol. The van der Waals surface area contributed by atoms with Gasteiger partial charge in [-0.2, -0.15) is 5.26 Å². The number of benzene rings is 1. The van der Waals surface area contributed by atoms with Gasteiger partial charge in [-0.25, -0.2) is 4.79 Å². The van der Waals surface area contributed by atoms with Crippen molar-refractivity contribution in [3.63, 3.8) is 0 Å². The Balaban J connectivity index is 2.19. The first-order valence-corrected chi connectivity index (χ1v) is 7.96. The number of nitriles is 1. The maximum atomic E-state index is 11.4. The van der Waals surface area contributed by atoms with Crippen LogP contribution in [0.1, 0.15) is 28.8 Å². The van der Waals surface area contributed by atoms with E-state index in [1.807, 2.05) is 6.92 Å². The van der Waals surface area contributed by atoms with E-state index in [-0.39, 0.29) is 17.9 Å². The minimum Gasteiger partial charge on any atom is -0.490 e. The predicted octanol–water partition coefficient (Wildman–Crippen LogP) is 2.44. The molecule has 1 heterocycles. The number of nitrogens with two attached hydrogens (primary N) is 1. The second kappa shape index (κ2) is 9.10. The highest BCUT2D eigenvalue weighted by atomic mass is 16.5. The molecule has 2 aromatic rings. The number of amides is 1. The summed E-state index contributed by atoms with van der Waals surface area (Å²) in [7, 11) is 1.27. The van der Waals surface area contributed by atoms with Gasteiger partial charge in [0.05, 0.1) is 13.7 Å². The molecule has 1 aromatic heterocycles. The van der Waals surface area contributed by atoms with Gasteiger partial charge in [-0.3, -0.25) is 4.79 Å². The number of methoxy groups -OCH3 is 1. The van der Waals surface area contributed by atoms with Crippen molar-refractivity contribution >= 4 is 18.0 Å². The summed E-state index contributed by atoms with van der Waals surface area (Å²) in [4.78, 5) is 22.6. The topological polar surface area (TPSA) is 125 Å². The Kier molecular flexibility index (Phi) is 6.61. The van der Waals surface area contributed by atoms with Crippen LogP contribution >= 0.6 is 0 Å². The number of nitrogens with zero attached hydrogens (tertiary/aromatic N) is 1. The summed E-state index contributed by atoms with van der Waals surface area (Å²) in [6.45, 7) is 2.26. The van der Waals surface area contributed by atoms with Gasteiger partial charge < -0.3 is 24.4 Å². The van der Waals surface area contributed by atoms with Crippen LogP contribution in [-0.2, 0) is 16.1 Å². The lowest BCUT2D eigenvalue weighted by Crippen LogP contribution is -2.12. The molecule has 0 saturated carbocycles. The molecule has 0 atom stereocenters. The molecule has 2 rings (SSSR count). The fraction of sp³-hybridized carbons (Fsp3) is 0.211. The van der Waals surface area contributed by atoms with Gasteiger partial charge in [0, 0.05) is 0 Å². The summed E-state index contributed by atoms with van der Waals surface area (Å²) in [5.74, 6) is -0.0139. The molecule has 0 radical (unpaired) electrons. The summed E-state index contributed by atoms with van der Waals surface area (Å²) < 4.78 is 21.1. The molecule has 140 valence electrons. The Labute approximate surface area is 155 Å². The molecular formula is C19H18N2O6. The molecule has 0 aliphatic rings. The van der Waals surface area contributed by atoms with Crippen LogP contribution in [0, 0.1) is 11.3 Å². The maximum Gasteiger partial charge on any atom is 0.373 e. The number of primary amides is 1. The quantitative estimate of drug-likeness (QED) is 0.430. The molecule has 8 heteroatoms. The molecule has 1 amide bonds. The lowest BCUT2D eigenvalue weighted by molar-refractivity contribution is -0.114. The molecule has 27 heavy (non-hydrogen) atoms.